The second kappa shape index (κ2) is 56.2. The largest absolute Gasteiger partial charge is 0.462 e. The minimum atomic E-state index is -0.809. The lowest BCUT2D eigenvalue weighted by Crippen LogP contribution is -2.30. The van der Waals surface area contributed by atoms with Gasteiger partial charge in [0, 0.05) is 19.3 Å². The maximum absolute atomic E-state index is 12.8. The van der Waals surface area contributed by atoms with Crippen LogP contribution in [0.2, 0.25) is 0 Å². The maximum Gasteiger partial charge on any atom is 0.306 e. The summed E-state index contributed by atoms with van der Waals surface area (Å²) >= 11 is 0. The lowest BCUT2D eigenvalue weighted by atomic mass is 10.0. The van der Waals surface area contributed by atoms with E-state index in [9.17, 15) is 14.4 Å². The molecule has 0 aliphatic rings. The third-order valence-corrected chi connectivity index (χ3v) is 12.1. The van der Waals surface area contributed by atoms with Gasteiger partial charge in [0.15, 0.2) is 6.10 Å². The van der Waals surface area contributed by atoms with Crippen molar-refractivity contribution in [2.75, 3.05) is 13.2 Å². The third-order valence-electron chi connectivity index (χ3n) is 12.1. The summed E-state index contributed by atoms with van der Waals surface area (Å²) in [4.78, 5) is 38.1. The Kier molecular flexibility index (Phi) is 53.4. The molecule has 0 amide bonds. The van der Waals surface area contributed by atoms with Crippen molar-refractivity contribution in [2.45, 2.75) is 277 Å². The van der Waals surface area contributed by atoms with Gasteiger partial charge in [0.25, 0.3) is 0 Å². The fourth-order valence-corrected chi connectivity index (χ4v) is 7.88. The number of unbranched alkanes of at least 4 members (excludes halogenated alkanes) is 26. The molecule has 0 aromatic heterocycles. The van der Waals surface area contributed by atoms with Crippen LogP contribution in [0.1, 0.15) is 271 Å². The van der Waals surface area contributed by atoms with Crippen LogP contribution >= 0.6 is 0 Å². The van der Waals surface area contributed by atoms with Crippen molar-refractivity contribution >= 4 is 17.9 Å². The summed E-state index contributed by atoms with van der Waals surface area (Å²) in [7, 11) is 0. The highest BCUT2D eigenvalue weighted by atomic mass is 16.6. The molecule has 0 N–H and O–H groups in total. The molecule has 0 saturated heterocycles. The molecule has 0 radical (unpaired) electrons. The third kappa shape index (κ3) is 53.5. The molecule has 68 heavy (non-hydrogen) atoms. The predicted octanol–water partition coefficient (Wildman–Crippen LogP) is 19.2. The van der Waals surface area contributed by atoms with Crippen molar-refractivity contribution in [3.63, 3.8) is 0 Å². The highest BCUT2D eigenvalue weighted by Gasteiger charge is 2.19. The van der Waals surface area contributed by atoms with E-state index in [0.717, 1.165) is 83.5 Å². The van der Waals surface area contributed by atoms with E-state index in [1.54, 1.807) is 0 Å². The second-order valence-electron chi connectivity index (χ2n) is 18.8. The van der Waals surface area contributed by atoms with E-state index < -0.39 is 6.10 Å². The number of ether oxygens (including phenoxy) is 3. The molecular formula is C62H106O6. The van der Waals surface area contributed by atoms with E-state index in [0.29, 0.717) is 19.3 Å². The molecule has 0 spiro atoms. The average molecular weight is 948 g/mol. The zero-order valence-corrected chi connectivity index (χ0v) is 44.6. The van der Waals surface area contributed by atoms with Gasteiger partial charge in [-0.05, 0) is 83.5 Å². The Labute approximate surface area is 420 Å². The quantitative estimate of drug-likeness (QED) is 0.0262. The summed E-state index contributed by atoms with van der Waals surface area (Å²) in [6.07, 6.45) is 73.0. The molecule has 0 bridgehead atoms. The van der Waals surface area contributed by atoms with Gasteiger partial charge in [-0.1, -0.05) is 254 Å². The van der Waals surface area contributed by atoms with Crippen LogP contribution in [0.4, 0.5) is 0 Å². The number of rotatable bonds is 51. The minimum absolute atomic E-state index is 0.104. The smallest absolute Gasteiger partial charge is 0.306 e. The number of hydrogen-bond donors (Lipinski definition) is 0. The molecule has 0 aromatic carbocycles. The monoisotopic (exact) mass is 947 g/mol. The van der Waals surface area contributed by atoms with Gasteiger partial charge in [0.1, 0.15) is 13.2 Å². The number of allylic oxidation sites excluding steroid dienone is 14. The highest BCUT2D eigenvalue weighted by Crippen LogP contribution is 2.15. The number of carbonyl (C=O) groups excluding carboxylic acids is 3. The van der Waals surface area contributed by atoms with E-state index >= 15 is 0 Å². The predicted molar refractivity (Wildman–Crippen MR) is 293 cm³/mol. The molecule has 1 unspecified atom stereocenters. The van der Waals surface area contributed by atoms with Crippen LogP contribution < -0.4 is 0 Å². The van der Waals surface area contributed by atoms with Crippen molar-refractivity contribution in [3.8, 4) is 0 Å². The molecular weight excluding hydrogens is 841 g/mol. The standard InChI is InChI=1S/C62H106O6/c1-4-7-10-13-16-19-22-25-27-29-30-31-32-33-35-37-40-43-46-49-52-55-61(64)67-58-59(57-66-60(63)54-51-48-45-42-39-36-24-21-18-15-12-9-6-3)68-62(65)56-53-50-47-44-41-38-34-28-26-23-20-17-14-11-8-5-2/h9,12,18,21-22,25,29-30,32-33,36,39,45,48,59H,4-8,10-11,13-17,19-20,23-24,26-28,31,34-35,37-38,40-44,46-47,49-58H2,1-3H3/b12-9-,21-18-,25-22-,30-29-,33-32-,39-36-,48-45-. The molecule has 0 aliphatic heterocycles. The van der Waals surface area contributed by atoms with Gasteiger partial charge in [-0.25, -0.2) is 0 Å². The molecule has 6 heteroatoms. The van der Waals surface area contributed by atoms with Crippen molar-refractivity contribution < 1.29 is 28.6 Å². The van der Waals surface area contributed by atoms with Crippen molar-refractivity contribution in [3.05, 3.63) is 85.1 Å². The van der Waals surface area contributed by atoms with E-state index in [1.165, 1.54) is 141 Å². The van der Waals surface area contributed by atoms with Gasteiger partial charge in [0.05, 0.1) is 0 Å². The maximum atomic E-state index is 12.8. The Morgan fingerprint density at radius 3 is 0.985 bits per heavy atom. The van der Waals surface area contributed by atoms with Crippen LogP contribution in [0.5, 0.6) is 0 Å². The number of hydrogen-bond acceptors (Lipinski definition) is 6. The van der Waals surface area contributed by atoms with Gasteiger partial charge in [-0.2, -0.15) is 0 Å². The van der Waals surface area contributed by atoms with Gasteiger partial charge >= 0.3 is 17.9 Å². The number of esters is 3. The highest BCUT2D eigenvalue weighted by molar-refractivity contribution is 5.71. The minimum Gasteiger partial charge on any atom is -0.462 e. The number of carbonyl (C=O) groups is 3. The fraction of sp³-hybridized carbons (Fsp3) is 0.726. The van der Waals surface area contributed by atoms with Gasteiger partial charge in [0.2, 0.25) is 0 Å². The summed E-state index contributed by atoms with van der Waals surface area (Å²) in [5.41, 5.74) is 0. The van der Waals surface area contributed by atoms with Crippen LogP contribution in [0, 0.1) is 0 Å². The summed E-state index contributed by atoms with van der Waals surface area (Å²) < 4.78 is 16.8. The van der Waals surface area contributed by atoms with Crippen molar-refractivity contribution in [2.24, 2.45) is 0 Å². The van der Waals surface area contributed by atoms with E-state index in [1.807, 2.05) is 6.08 Å². The Hall–Kier alpha value is -3.41. The first-order chi connectivity index (χ1) is 33.5. The Morgan fingerprint density at radius 1 is 0.309 bits per heavy atom. The zero-order chi connectivity index (χ0) is 49.3. The van der Waals surface area contributed by atoms with Gasteiger partial charge in [-0.3, -0.25) is 14.4 Å². The fourth-order valence-electron chi connectivity index (χ4n) is 7.88. The SMILES string of the molecule is CC/C=C\C/C=C\C/C=C\C/C=C\CCC(=O)OCC(COC(=O)CCCCCCCC/C=C\C/C=C\C/C=C\CCCCCCC)OC(=O)CCCCCCCCCCCCCCCCCC. The molecule has 0 aliphatic carbocycles. The normalized spacial score (nSPS) is 12.7. The Bertz CT molecular complexity index is 1320. The van der Waals surface area contributed by atoms with Crippen LogP contribution in [0.15, 0.2) is 85.1 Å². The van der Waals surface area contributed by atoms with Crippen molar-refractivity contribution in [1.82, 2.24) is 0 Å². The lowest BCUT2D eigenvalue weighted by Gasteiger charge is -2.18. The first-order valence-corrected chi connectivity index (χ1v) is 28.6. The molecule has 0 rings (SSSR count). The first-order valence-electron chi connectivity index (χ1n) is 28.6. The molecule has 0 aromatic rings. The molecule has 0 fully saturated rings. The van der Waals surface area contributed by atoms with Crippen LogP contribution in [-0.4, -0.2) is 37.2 Å². The zero-order valence-electron chi connectivity index (χ0n) is 44.6. The molecule has 1 atom stereocenters. The molecule has 6 nitrogen and oxygen atoms in total. The second-order valence-corrected chi connectivity index (χ2v) is 18.8. The van der Waals surface area contributed by atoms with Crippen LogP contribution in [0.25, 0.3) is 0 Å². The molecule has 0 heterocycles. The summed E-state index contributed by atoms with van der Waals surface area (Å²) in [6, 6.07) is 0. The summed E-state index contributed by atoms with van der Waals surface area (Å²) in [6.45, 7) is 6.45. The van der Waals surface area contributed by atoms with Gasteiger partial charge in [-0.15, -0.1) is 0 Å². The van der Waals surface area contributed by atoms with E-state index in [2.05, 4.69) is 99.8 Å². The van der Waals surface area contributed by atoms with Gasteiger partial charge < -0.3 is 14.2 Å². The van der Waals surface area contributed by atoms with Crippen LogP contribution in [0.3, 0.4) is 0 Å². The average Bonchev–Trinajstić information content (AvgIpc) is 3.34. The Balaban J connectivity index is 4.43. The Morgan fingerprint density at radius 2 is 0.603 bits per heavy atom. The van der Waals surface area contributed by atoms with E-state index in [-0.39, 0.29) is 37.5 Å². The van der Waals surface area contributed by atoms with Crippen molar-refractivity contribution in [1.29, 1.82) is 0 Å². The lowest BCUT2D eigenvalue weighted by molar-refractivity contribution is -0.166. The molecule has 390 valence electrons. The summed E-state index contributed by atoms with van der Waals surface area (Å²) in [5, 5.41) is 0. The van der Waals surface area contributed by atoms with Crippen LogP contribution in [-0.2, 0) is 28.6 Å². The topological polar surface area (TPSA) is 78.9 Å². The molecule has 0 saturated carbocycles. The summed E-state index contributed by atoms with van der Waals surface area (Å²) in [5.74, 6) is -0.993. The first kappa shape index (κ1) is 64.6. The van der Waals surface area contributed by atoms with E-state index in [4.69, 9.17) is 14.2 Å².